The Labute approximate surface area is 112 Å². The van der Waals surface area contributed by atoms with Crippen molar-refractivity contribution in [1.82, 2.24) is 9.80 Å². The Kier molecular flexibility index (Phi) is 3.85. The lowest BCUT2D eigenvalue weighted by Crippen LogP contribution is -2.56. The second-order valence-electron chi connectivity index (χ2n) is 4.90. The highest BCUT2D eigenvalue weighted by Crippen LogP contribution is 2.27. The monoisotopic (exact) mass is 262 g/mol. The van der Waals surface area contributed by atoms with Crippen LogP contribution in [0.1, 0.15) is 18.5 Å². The number of benzene rings is 1. The summed E-state index contributed by atoms with van der Waals surface area (Å²) < 4.78 is 0. The zero-order valence-corrected chi connectivity index (χ0v) is 11.1. The summed E-state index contributed by atoms with van der Waals surface area (Å²) in [5, 5.41) is 8.99. The summed E-state index contributed by atoms with van der Waals surface area (Å²) in [5.41, 5.74) is 0.968. The summed E-state index contributed by atoms with van der Waals surface area (Å²) >= 11 is 0. The molecule has 0 bridgehead atoms. The normalized spacial score (nSPS) is 24.5. The number of likely N-dealkylation sites (N-methyl/N-ethyl adjacent to an activating group) is 1. The molecule has 1 N–H and O–H groups in total. The molecule has 1 aromatic rings. The zero-order valence-electron chi connectivity index (χ0n) is 11.1. The van der Waals surface area contributed by atoms with E-state index in [0.717, 1.165) is 5.56 Å². The predicted octanol–water partition coefficient (Wildman–Crippen LogP) is 0.975. The smallest absolute Gasteiger partial charge is 0.323 e. The van der Waals surface area contributed by atoms with E-state index in [0.29, 0.717) is 6.54 Å². The largest absolute Gasteiger partial charge is 0.480 e. The maximum atomic E-state index is 12.3. The predicted molar refractivity (Wildman–Crippen MR) is 70.6 cm³/mol. The molecule has 0 radical (unpaired) electrons. The molecule has 1 amide bonds. The van der Waals surface area contributed by atoms with Gasteiger partial charge in [-0.05, 0) is 19.5 Å². The topological polar surface area (TPSA) is 60.9 Å². The van der Waals surface area contributed by atoms with Crippen molar-refractivity contribution in [2.24, 2.45) is 0 Å². The molecule has 19 heavy (non-hydrogen) atoms. The lowest BCUT2D eigenvalue weighted by molar-refractivity contribution is -0.153. The van der Waals surface area contributed by atoms with Gasteiger partial charge in [0.05, 0.1) is 12.1 Å². The summed E-state index contributed by atoms with van der Waals surface area (Å²) in [6.45, 7) is 2.19. The molecule has 2 atom stereocenters. The van der Waals surface area contributed by atoms with Gasteiger partial charge in [0.25, 0.3) is 0 Å². The van der Waals surface area contributed by atoms with E-state index in [1.807, 2.05) is 42.3 Å². The zero-order chi connectivity index (χ0) is 14.0. The van der Waals surface area contributed by atoms with Crippen LogP contribution >= 0.6 is 0 Å². The third-order valence-corrected chi connectivity index (χ3v) is 3.63. The van der Waals surface area contributed by atoms with Crippen molar-refractivity contribution < 1.29 is 14.7 Å². The van der Waals surface area contributed by atoms with Crippen LogP contribution in [0, 0.1) is 0 Å². The third kappa shape index (κ3) is 2.76. The molecule has 0 aliphatic carbocycles. The molecule has 2 rings (SSSR count). The highest BCUT2D eigenvalue weighted by molar-refractivity contribution is 5.86. The molecule has 1 aliphatic rings. The highest BCUT2D eigenvalue weighted by Gasteiger charge is 2.37. The van der Waals surface area contributed by atoms with Crippen LogP contribution in [0.2, 0.25) is 0 Å². The minimum atomic E-state index is -0.981. The number of hydrogen-bond donors (Lipinski definition) is 1. The number of piperazine rings is 1. The van der Waals surface area contributed by atoms with E-state index in [-0.39, 0.29) is 24.5 Å². The van der Waals surface area contributed by atoms with Crippen LogP contribution in [0.4, 0.5) is 0 Å². The van der Waals surface area contributed by atoms with Crippen molar-refractivity contribution in [2.75, 3.05) is 20.1 Å². The maximum Gasteiger partial charge on any atom is 0.323 e. The van der Waals surface area contributed by atoms with Crippen LogP contribution in [0.5, 0.6) is 0 Å². The molecule has 2 unspecified atom stereocenters. The van der Waals surface area contributed by atoms with Gasteiger partial charge >= 0.3 is 5.97 Å². The first-order chi connectivity index (χ1) is 9.00. The summed E-state index contributed by atoms with van der Waals surface area (Å²) in [6, 6.07) is 9.08. The molecule has 1 saturated heterocycles. The lowest BCUT2D eigenvalue weighted by Gasteiger charge is -2.42. The molecule has 5 heteroatoms. The van der Waals surface area contributed by atoms with Crippen molar-refractivity contribution in [2.45, 2.75) is 19.0 Å². The summed E-state index contributed by atoms with van der Waals surface area (Å²) in [7, 11) is 1.89. The molecule has 1 heterocycles. The van der Waals surface area contributed by atoms with Crippen LogP contribution in [0.3, 0.4) is 0 Å². The number of nitrogens with zero attached hydrogens (tertiary/aromatic N) is 2. The Morgan fingerprint density at radius 2 is 2.00 bits per heavy atom. The number of carbonyl (C=O) groups is 2. The fraction of sp³-hybridized carbons (Fsp3) is 0.429. The summed E-state index contributed by atoms with van der Waals surface area (Å²) in [5.74, 6) is -1.11. The molecule has 1 aliphatic heterocycles. The molecular weight excluding hydrogens is 244 g/mol. The van der Waals surface area contributed by atoms with Crippen LogP contribution in [0.25, 0.3) is 0 Å². The lowest BCUT2D eigenvalue weighted by atomic mass is 9.99. The van der Waals surface area contributed by atoms with E-state index in [2.05, 4.69) is 0 Å². The number of carboxylic acids is 1. The Bertz CT molecular complexity index is 475. The van der Waals surface area contributed by atoms with Crippen molar-refractivity contribution >= 4 is 11.9 Å². The molecule has 0 saturated carbocycles. The second kappa shape index (κ2) is 5.40. The van der Waals surface area contributed by atoms with Crippen LogP contribution < -0.4 is 0 Å². The maximum absolute atomic E-state index is 12.3. The van der Waals surface area contributed by atoms with E-state index in [4.69, 9.17) is 5.11 Å². The number of carbonyl (C=O) groups excluding carboxylic acids is 1. The minimum absolute atomic E-state index is 0.134. The number of amides is 1. The minimum Gasteiger partial charge on any atom is -0.480 e. The average Bonchev–Trinajstić information content (AvgIpc) is 2.40. The molecule has 0 spiro atoms. The molecule has 5 nitrogen and oxygen atoms in total. The Balaban J connectivity index is 2.32. The van der Waals surface area contributed by atoms with Gasteiger partial charge in [-0.1, -0.05) is 30.3 Å². The molecule has 0 aromatic heterocycles. The van der Waals surface area contributed by atoms with Gasteiger partial charge in [0.1, 0.15) is 6.54 Å². The summed E-state index contributed by atoms with van der Waals surface area (Å²) in [4.78, 5) is 26.7. The Morgan fingerprint density at radius 3 is 2.58 bits per heavy atom. The Hall–Kier alpha value is -1.88. The number of rotatable bonds is 3. The van der Waals surface area contributed by atoms with E-state index >= 15 is 0 Å². The summed E-state index contributed by atoms with van der Waals surface area (Å²) in [6.07, 6.45) is 0. The number of carboxylic acid groups (broad SMARTS) is 1. The standard InChI is InChI=1S/C14H18N2O3/c1-10-14(19)16(9-13(17)18)12(8-15(10)2)11-6-4-3-5-7-11/h3-7,10,12H,8-9H2,1-2H3,(H,17,18). The molecule has 1 fully saturated rings. The fourth-order valence-corrected chi connectivity index (χ4v) is 2.41. The van der Waals surface area contributed by atoms with Gasteiger partial charge in [-0.2, -0.15) is 0 Å². The van der Waals surface area contributed by atoms with Gasteiger partial charge in [0.15, 0.2) is 0 Å². The van der Waals surface area contributed by atoms with Gasteiger partial charge in [0.2, 0.25) is 5.91 Å². The fourth-order valence-electron chi connectivity index (χ4n) is 2.41. The van der Waals surface area contributed by atoms with Crippen molar-refractivity contribution in [1.29, 1.82) is 0 Å². The van der Waals surface area contributed by atoms with Crippen LogP contribution in [-0.4, -0.2) is 53.0 Å². The van der Waals surface area contributed by atoms with E-state index in [1.165, 1.54) is 4.90 Å². The van der Waals surface area contributed by atoms with Crippen LogP contribution in [0.15, 0.2) is 30.3 Å². The molecule has 1 aromatic carbocycles. The van der Waals surface area contributed by atoms with E-state index in [9.17, 15) is 9.59 Å². The van der Waals surface area contributed by atoms with E-state index < -0.39 is 5.97 Å². The van der Waals surface area contributed by atoms with Crippen molar-refractivity contribution in [3.05, 3.63) is 35.9 Å². The van der Waals surface area contributed by atoms with Gasteiger partial charge in [-0.25, -0.2) is 0 Å². The van der Waals surface area contributed by atoms with Crippen LogP contribution in [-0.2, 0) is 9.59 Å². The van der Waals surface area contributed by atoms with Gasteiger partial charge < -0.3 is 10.0 Å². The number of hydrogen-bond acceptors (Lipinski definition) is 3. The SMILES string of the molecule is CC1C(=O)N(CC(=O)O)C(c2ccccc2)CN1C. The van der Waals surface area contributed by atoms with Crippen molar-refractivity contribution in [3.8, 4) is 0 Å². The second-order valence-corrected chi connectivity index (χ2v) is 4.90. The quantitative estimate of drug-likeness (QED) is 0.882. The molecular formula is C14H18N2O3. The van der Waals surface area contributed by atoms with Gasteiger partial charge in [-0.15, -0.1) is 0 Å². The number of aliphatic carboxylic acids is 1. The highest BCUT2D eigenvalue weighted by atomic mass is 16.4. The van der Waals surface area contributed by atoms with E-state index in [1.54, 1.807) is 6.92 Å². The van der Waals surface area contributed by atoms with Gasteiger partial charge in [-0.3, -0.25) is 14.5 Å². The third-order valence-electron chi connectivity index (χ3n) is 3.63. The first kappa shape index (κ1) is 13.5. The first-order valence-electron chi connectivity index (χ1n) is 6.28. The molecule has 102 valence electrons. The van der Waals surface area contributed by atoms with Gasteiger partial charge in [0, 0.05) is 6.54 Å². The first-order valence-corrected chi connectivity index (χ1v) is 6.28. The average molecular weight is 262 g/mol. The van der Waals surface area contributed by atoms with Crippen molar-refractivity contribution in [3.63, 3.8) is 0 Å². The Morgan fingerprint density at radius 1 is 1.37 bits per heavy atom.